The molecule has 3 aliphatic rings. The van der Waals surface area contributed by atoms with E-state index >= 15 is 0 Å². The zero-order valence-corrected chi connectivity index (χ0v) is 40.4. The molecule has 326 valence electrons. The number of nitrogens with zero attached hydrogens (tertiary/aromatic N) is 3. The van der Waals surface area contributed by atoms with Crippen LogP contribution in [0.25, 0.3) is 23.8 Å². The van der Waals surface area contributed by atoms with E-state index in [9.17, 15) is 14.7 Å². The number of carbonyl (C=O) groups is 2. The number of hydrogen-bond donors (Lipinski definition) is 2. The van der Waals surface area contributed by atoms with Crippen molar-refractivity contribution in [3.63, 3.8) is 0 Å². The Kier molecular flexibility index (Phi) is 17.3. The second-order valence-corrected chi connectivity index (χ2v) is 18.9. The molecule has 9 heteroatoms. The summed E-state index contributed by atoms with van der Waals surface area (Å²) in [6.45, 7) is 23.2. The quantitative estimate of drug-likeness (QED) is 0.0501. The van der Waals surface area contributed by atoms with E-state index in [-0.39, 0.29) is 29.0 Å². The summed E-state index contributed by atoms with van der Waals surface area (Å²) in [6, 6.07) is 0. The van der Waals surface area contributed by atoms with E-state index in [0.717, 1.165) is 99.2 Å². The number of carbonyl (C=O) groups excluding carboxylic acids is 1. The maximum atomic E-state index is 14.0. The van der Waals surface area contributed by atoms with Crippen LogP contribution in [-0.2, 0) is 16.0 Å². The topological polar surface area (TPSA) is 118 Å². The van der Waals surface area contributed by atoms with Crippen molar-refractivity contribution < 1.29 is 19.4 Å². The summed E-state index contributed by atoms with van der Waals surface area (Å²) in [5.74, 6) is -0.442. The fourth-order valence-corrected chi connectivity index (χ4v) is 9.70. The predicted octanol–water partition coefficient (Wildman–Crippen LogP) is 9.39. The zero-order chi connectivity index (χ0) is 43.2. The largest absolute Gasteiger partial charge is 2.00 e. The van der Waals surface area contributed by atoms with Gasteiger partial charge in [-0.15, -0.1) is 33.5 Å². The Labute approximate surface area is 381 Å². The molecule has 3 aromatic heterocycles. The number of rotatable bonds is 20. The van der Waals surface area contributed by atoms with Crippen LogP contribution in [-0.4, -0.2) is 53.1 Å². The summed E-state index contributed by atoms with van der Waals surface area (Å²) < 4.78 is 6.15. The molecule has 2 aliphatic heterocycles. The molecular weight excluding hydrogens is 769 g/mol. The van der Waals surface area contributed by atoms with Gasteiger partial charge in [0.1, 0.15) is 5.92 Å². The van der Waals surface area contributed by atoms with Crippen LogP contribution in [0.3, 0.4) is 0 Å². The molecule has 0 spiro atoms. The van der Waals surface area contributed by atoms with Crippen LogP contribution >= 0.6 is 0 Å². The Morgan fingerprint density at radius 3 is 2.11 bits per heavy atom. The van der Waals surface area contributed by atoms with E-state index in [4.69, 9.17) is 19.7 Å². The minimum atomic E-state index is -1.31. The number of ether oxygens (including phenoxy) is 1. The molecule has 0 aromatic carbocycles. The van der Waals surface area contributed by atoms with Gasteiger partial charge in [0, 0.05) is 29.5 Å². The maximum absolute atomic E-state index is 14.0. The Bertz CT molecular complexity index is 2260. The molecule has 0 amide bonds. The minimum Gasteiger partial charge on any atom is -0.657 e. The molecule has 8 bridgehead atoms. The summed E-state index contributed by atoms with van der Waals surface area (Å²) in [6.07, 6.45) is 23.2. The molecule has 61 heavy (non-hydrogen) atoms. The van der Waals surface area contributed by atoms with Gasteiger partial charge in [0.2, 0.25) is 0 Å². The molecular formula is C52H71MgN4O4-. The minimum absolute atomic E-state index is 0. The average Bonchev–Trinajstić information content (AvgIpc) is 3.95. The number of carboxylic acid groups (broad SMARTS) is 1. The number of fused-ring (bicyclic) bond motifs is 7. The van der Waals surface area contributed by atoms with Gasteiger partial charge in [0.05, 0.1) is 6.61 Å². The smallest absolute Gasteiger partial charge is 0.657 e. The number of aliphatic carboxylic acids is 1. The Morgan fingerprint density at radius 2 is 1.46 bits per heavy atom. The zero-order valence-electron chi connectivity index (χ0n) is 39.0. The van der Waals surface area contributed by atoms with Crippen molar-refractivity contribution in [2.45, 2.75) is 153 Å². The van der Waals surface area contributed by atoms with Gasteiger partial charge in [0.25, 0.3) is 0 Å². The van der Waals surface area contributed by atoms with Gasteiger partial charge in [-0.2, -0.15) is 0 Å². The number of ketones is 1. The van der Waals surface area contributed by atoms with Crippen LogP contribution in [0.1, 0.15) is 180 Å². The van der Waals surface area contributed by atoms with Gasteiger partial charge in [-0.05, 0) is 96.5 Å². The number of carboxylic acids is 1. The van der Waals surface area contributed by atoms with Gasteiger partial charge in [0.15, 0.2) is 5.78 Å². The first-order valence-electron chi connectivity index (χ1n) is 23.1. The van der Waals surface area contributed by atoms with Crippen molar-refractivity contribution in [1.82, 2.24) is 20.3 Å². The van der Waals surface area contributed by atoms with Gasteiger partial charge >= 0.3 is 29.0 Å². The van der Waals surface area contributed by atoms with Crippen molar-refractivity contribution in [2.24, 2.45) is 29.6 Å². The summed E-state index contributed by atoms with van der Waals surface area (Å²) in [4.78, 5) is 42.1. The molecule has 3 aromatic rings. The molecule has 0 radical (unpaired) electrons. The molecule has 4 atom stereocenters. The normalized spacial score (nSPS) is 21.3. The molecule has 0 saturated carbocycles. The molecule has 0 unspecified atom stereocenters. The predicted molar refractivity (Wildman–Crippen MR) is 250 cm³/mol. The van der Waals surface area contributed by atoms with E-state index in [1.54, 1.807) is 0 Å². The first-order valence-corrected chi connectivity index (χ1v) is 23.1. The van der Waals surface area contributed by atoms with E-state index in [0.29, 0.717) is 47.7 Å². The van der Waals surface area contributed by atoms with Crippen molar-refractivity contribution in [1.29, 1.82) is 0 Å². The van der Waals surface area contributed by atoms with Gasteiger partial charge in [-0.3, -0.25) is 9.59 Å². The molecule has 2 N–H and O–H groups in total. The Morgan fingerprint density at radius 1 is 0.836 bits per heavy atom. The monoisotopic (exact) mass is 840 g/mol. The van der Waals surface area contributed by atoms with Crippen molar-refractivity contribution >= 4 is 58.6 Å². The molecule has 1 saturated heterocycles. The third-order valence-corrected chi connectivity index (χ3v) is 13.7. The average molecular weight is 840 g/mol. The van der Waals surface area contributed by atoms with Crippen molar-refractivity contribution in [3.05, 3.63) is 89.9 Å². The van der Waals surface area contributed by atoms with Gasteiger partial charge in [-0.25, -0.2) is 0 Å². The molecule has 1 fully saturated rings. The standard InChI is InChI=1S/C52H72N4O4.Mg/c1-11-40-36(9)43-28-42-35(8)34(7)41(54-42)27-39-26-38(49(53-39)47-48(52(58)59)51(57)46-37(10)44(56-50(46)47)29-45(40)55-43)22-15-24-60-25-23-33(6)21-14-20-32(5)19-13-18-31(4)17-12-16-30(2)3;/h23,27-32,38,48H,11-22,24-26H2,1-10H3,(H3,53,56,57,58,59);/q-2;+2/p-1/b33-23+,39-27-,43-28-,45-29-;/t31-,32-,38+,48+;/m1./s1. The summed E-state index contributed by atoms with van der Waals surface area (Å²) in [5.41, 5.74) is 12.1. The fraction of sp³-hybridized carbons (Fsp3) is 0.577. The maximum Gasteiger partial charge on any atom is 2.00 e. The third-order valence-electron chi connectivity index (χ3n) is 13.7. The fourth-order valence-electron chi connectivity index (χ4n) is 9.70. The van der Waals surface area contributed by atoms with Crippen molar-refractivity contribution in [2.75, 3.05) is 13.2 Å². The molecule has 1 aliphatic carbocycles. The number of nitrogens with one attached hydrogen (secondary N) is 1. The number of hydrogen-bond acceptors (Lipinski definition) is 4. The van der Waals surface area contributed by atoms with E-state index in [2.05, 4.69) is 85.9 Å². The number of aromatic nitrogens is 3. The molecule has 5 heterocycles. The van der Waals surface area contributed by atoms with Gasteiger partial charge in [-0.1, -0.05) is 137 Å². The van der Waals surface area contributed by atoms with E-state index in [1.807, 2.05) is 13.0 Å². The Balaban J connectivity index is 0.00000704. The van der Waals surface area contributed by atoms with E-state index in [1.165, 1.54) is 56.9 Å². The van der Waals surface area contributed by atoms with E-state index < -0.39 is 17.7 Å². The molecule has 8 nitrogen and oxygen atoms in total. The summed E-state index contributed by atoms with van der Waals surface area (Å²) >= 11 is 0. The van der Waals surface area contributed by atoms with Crippen LogP contribution in [0.5, 0.6) is 0 Å². The van der Waals surface area contributed by atoms with Crippen LogP contribution in [0, 0.1) is 57.3 Å². The summed E-state index contributed by atoms with van der Waals surface area (Å²) in [7, 11) is 0. The first kappa shape index (κ1) is 48.5. The van der Waals surface area contributed by atoms with Gasteiger partial charge < -0.3 is 30.1 Å². The number of Topliss-reactive ketones (excluding diaryl/α,β-unsaturated/α-hetero) is 1. The SMILES string of the molecule is CCc1c(C)/c2[n-]/c1=C\c1[n-]c3c(c1C)C(=O)[C@@H](C(=O)O)/C3=C1/N/C(=C\c3[n-]c(c(C)c3C)\C=2)C[C@@H]1CCCOC/C=C(\C)CCC[C@H](C)CCC[C@H](C)CCCC(C)C.[Mg+2]. The molecule has 6 rings (SSSR count). The Hall–Kier alpha value is -3.53. The third kappa shape index (κ3) is 11.4. The first-order chi connectivity index (χ1) is 28.7. The number of allylic oxidation sites excluding steroid dienone is 3. The second-order valence-electron chi connectivity index (χ2n) is 18.9. The second kappa shape index (κ2) is 21.7. The van der Waals surface area contributed by atoms with Crippen LogP contribution in [0.2, 0.25) is 0 Å². The summed E-state index contributed by atoms with van der Waals surface area (Å²) in [5, 5.41) is 15.9. The van der Waals surface area contributed by atoms with Crippen LogP contribution in [0.4, 0.5) is 0 Å². The van der Waals surface area contributed by atoms with Crippen LogP contribution in [0.15, 0.2) is 23.0 Å². The van der Waals surface area contributed by atoms with Crippen LogP contribution < -0.4 is 31.0 Å². The van der Waals surface area contributed by atoms with Crippen molar-refractivity contribution in [3.8, 4) is 0 Å².